The highest BCUT2D eigenvalue weighted by atomic mass is 16.6. The molecular formula is C36H38N2O7. The third-order valence-corrected chi connectivity index (χ3v) is 8.30. The van der Waals surface area contributed by atoms with Crippen LogP contribution >= 0.6 is 0 Å². The van der Waals surface area contributed by atoms with Gasteiger partial charge in [-0.15, -0.1) is 0 Å². The molecule has 1 saturated heterocycles. The Balaban J connectivity index is 1.28. The number of rotatable bonds is 11. The van der Waals surface area contributed by atoms with E-state index in [2.05, 4.69) is 11.9 Å². The summed E-state index contributed by atoms with van der Waals surface area (Å²) < 4.78 is 16.7. The molecule has 3 aromatic carbocycles. The van der Waals surface area contributed by atoms with E-state index in [0.717, 1.165) is 27.8 Å². The smallest absolute Gasteiger partial charge is 0.407 e. The number of nitrogens with one attached hydrogen (secondary N) is 1. The van der Waals surface area contributed by atoms with Gasteiger partial charge in [-0.25, -0.2) is 9.59 Å². The van der Waals surface area contributed by atoms with Crippen LogP contribution in [-0.2, 0) is 34.2 Å². The standard InChI is InChI=1S/C36H38N2O7/c1-4-21-43-32(39)22-30(33(40)38-20-12-19-31(38)34(41)45-36(2,3)24-13-6-5-7-14-24)37-35(42)44-23-29-27-17-10-8-15-25(27)26-16-9-11-18-28(26)29/h4-11,13-18,29-31H,1,12,19-23H2,2-3H3,(H,37,42). The van der Waals surface area contributed by atoms with Gasteiger partial charge in [-0.05, 0) is 54.5 Å². The molecule has 1 aliphatic carbocycles. The SMILES string of the molecule is C=CCOC(=O)CC(NC(=O)OCC1c2ccccc2-c2ccccc21)C(=O)N1CCCC1C(=O)OC(C)(C)c1ccccc1. The van der Waals surface area contributed by atoms with E-state index in [1.165, 1.54) is 11.0 Å². The zero-order chi connectivity index (χ0) is 32.0. The van der Waals surface area contributed by atoms with Crippen LogP contribution in [0.1, 0.15) is 55.7 Å². The molecule has 0 spiro atoms. The topological polar surface area (TPSA) is 111 Å². The Morgan fingerprint density at radius 2 is 1.56 bits per heavy atom. The number of fused-ring (bicyclic) bond motifs is 3. The molecule has 1 fully saturated rings. The number of amides is 2. The highest BCUT2D eigenvalue weighted by Crippen LogP contribution is 2.44. The van der Waals surface area contributed by atoms with Gasteiger partial charge in [-0.1, -0.05) is 91.5 Å². The molecule has 2 unspecified atom stereocenters. The number of likely N-dealkylation sites (tertiary alicyclic amines) is 1. The van der Waals surface area contributed by atoms with Crippen LogP contribution in [0.25, 0.3) is 11.1 Å². The lowest BCUT2D eigenvalue weighted by molar-refractivity contribution is -0.166. The van der Waals surface area contributed by atoms with Crippen LogP contribution in [0.4, 0.5) is 4.79 Å². The van der Waals surface area contributed by atoms with Gasteiger partial charge in [-0.2, -0.15) is 0 Å². The quantitative estimate of drug-likeness (QED) is 0.174. The number of nitrogens with zero attached hydrogens (tertiary/aromatic N) is 1. The number of benzene rings is 3. The zero-order valence-corrected chi connectivity index (χ0v) is 25.6. The lowest BCUT2D eigenvalue weighted by Gasteiger charge is -2.31. The molecule has 0 aromatic heterocycles. The summed E-state index contributed by atoms with van der Waals surface area (Å²) in [4.78, 5) is 54.3. The lowest BCUT2D eigenvalue weighted by Crippen LogP contribution is -2.53. The molecule has 3 aromatic rings. The minimum absolute atomic E-state index is 0.0366. The van der Waals surface area contributed by atoms with Crippen molar-refractivity contribution in [2.45, 2.75) is 56.7 Å². The molecule has 45 heavy (non-hydrogen) atoms. The van der Waals surface area contributed by atoms with Gasteiger partial charge in [0.1, 0.15) is 30.9 Å². The molecule has 1 N–H and O–H groups in total. The Bertz CT molecular complexity index is 1520. The Labute approximate surface area is 263 Å². The van der Waals surface area contributed by atoms with E-state index in [0.29, 0.717) is 12.8 Å². The zero-order valence-electron chi connectivity index (χ0n) is 25.6. The molecular weight excluding hydrogens is 572 g/mol. The van der Waals surface area contributed by atoms with Gasteiger partial charge in [0.2, 0.25) is 5.91 Å². The molecule has 9 heteroatoms. The van der Waals surface area contributed by atoms with Gasteiger partial charge in [0, 0.05) is 12.5 Å². The van der Waals surface area contributed by atoms with Crippen molar-refractivity contribution in [3.63, 3.8) is 0 Å². The summed E-state index contributed by atoms with van der Waals surface area (Å²) in [7, 11) is 0. The number of carbonyl (C=O) groups excluding carboxylic acids is 4. The van der Waals surface area contributed by atoms with Gasteiger partial charge >= 0.3 is 18.0 Å². The summed E-state index contributed by atoms with van der Waals surface area (Å²) in [6.07, 6.45) is 1.08. The third-order valence-electron chi connectivity index (χ3n) is 8.30. The Kier molecular flexibility index (Phi) is 9.66. The second kappa shape index (κ2) is 13.8. The number of alkyl carbamates (subject to hydrolysis) is 1. The molecule has 5 rings (SSSR count). The van der Waals surface area contributed by atoms with Crippen molar-refractivity contribution in [3.05, 3.63) is 108 Å². The van der Waals surface area contributed by atoms with Crippen LogP contribution in [-0.4, -0.2) is 60.7 Å². The summed E-state index contributed by atoms with van der Waals surface area (Å²) in [5.41, 5.74) is 4.15. The van der Waals surface area contributed by atoms with Crippen molar-refractivity contribution >= 4 is 23.9 Å². The van der Waals surface area contributed by atoms with Crippen molar-refractivity contribution in [2.24, 2.45) is 0 Å². The summed E-state index contributed by atoms with van der Waals surface area (Å²) in [6, 6.07) is 23.1. The van der Waals surface area contributed by atoms with Gasteiger partial charge in [-0.3, -0.25) is 9.59 Å². The second-order valence-corrected chi connectivity index (χ2v) is 11.7. The van der Waals surface area contributed by atoms with Crippen LogP contribution < -0.4 is 5.32 Å². The first kappa shape index (κ1) is 31.5. The average Bonchev–Trinajstić information content (AvgIpc) is 3.66. The average molecular weight is 611 g/mol. The molecule has 2 aliphatic rings. The van der Waals surface area contributed by atoms with Crippen LogP contribution in [0.5, 0.6) is 0 Å². The van der Waals surface area contributed by atoms with E-state index < -0.39 is 48.0 Å². The number of esters is 2. The Morgan fingerprint density at radius 1 is 0.933 bits per heavy atom. The molecule has 0 bridgehead atoms. The lowest BCUT2D eigenvalue weighted by atomic mass is 9.98. The highest BCUT2D eigenvalue weighted by molar-refractivity contribution is 5.93. The molecule has 0 saturated carbocycles. The summed E-state index contributed by atoms with van der Waals surface area (Å²) >= 11 is 0. The molecule has 9 nitrogen and oxygen atoms in total. The van der Waals surface area contributed by atoms with Crippen molar-refractivity contribution in [1.29, 1.82) is 0 Å². The largest absolute Gasteiger partial charge is 0.461 e. The fraction of sp³-hybridized carbons (Fsp3) is 0.333. The minimum atomic E-state index is -1.31. The van der Waals surface area contributed by atoms with E-state index in [9.17, 15) is 19.2 Å². The fourth-order valence-electron chi connectivity index (χ4n) is 6.05. The van der Waals surface area contributed by atoms with E-state index in [-0.39, 0.29) is 25.7 Å². The third kappa shape index (κ3) is 7.09. The fourth-order valence-corrected chi connectivity index (χ4v) is 6.05. The van der Waals surface area contributed by atoms with Crippen molar-refractivity contribution in [1.82, 2.24) is 10.2 Å². The maximum atomic E-state index is 13.8. The predicted octanol–water partition coefficient (Wildman–Crippen LogP) is 5.48. The predicted molar refractivity (Wildman–Crippen MR) is 168 cm³/mol. The number of carbonyl (C=O) groups is 4. The van der Waals surface area contributed by atoms with E-state index in [1.807, 2.05) is 78.9 Å². The normalized spacial score (nSPS) is 16.2. The van der Waals surface area contributed by atoms with Crippen molar-refractivity contribution in [3.8, 4) is 11.1 Å². The van der Waals surface area contributed by atoms with Crippen LogP contribution in [0, 0.1) is 0 Å². The molecule has 234 valence electrons. The number of hydrogen-bond acceptors (Lipinski definition) is 7. The molecule has 1 aliphatic heterocycles. The first-order chi connectivity index (χ1) is 21.7. The van der Waals surface area contributed by atoms with Crippen molar-refractivity contribution < 1.29 is 33.4 Å². The molecule has 2 atom stereocenters. The Morgan fingerprint density at radius 3 is 2.20 bits per heavy atom. The van der Waals surface area contributed by atoms with Crippen molar-refractivity contribution in [2.75, 3.05) is 19.8 Å². The molecule has 1 heterocycles. The molecule has 0 radical (unpaired) electrons. The minimum Gasteiger partial charge on any atom is -0.461 e. The number of hydrogen-bond donors (Lipinski definition) is 1. The summed E-state index contributed by atoms with van der Waals surface area (Å²) in [5, 5.41) is 2.58. The van der Waals surface area contributed by atoms with Gasteiger partial charge in [0.15, 0.2) is 0 Å². The van der Waals surface area contributed by atoms with E-state index in [1.54, 1.807) is 13.8 Å². The monoisotopic (exact) mass is 610 g/mol. The maximum absolute atomic E-state index is 13.8. The summed E-state index contributed by atoms with van der Waals surface area (Å²) in [5.74, 6) is -2.02. The highest BCUT2D eigenvalue weighted by Gasteiger charge is 2.41. The number of ether oxygens (including phenoxy) is 3. The van der Waals surface area contributed by atoms with Gasteiger partial charge in [0.05, 0.1) is 6.42 Å². The Hall–Kier alpha value is -4.92. The first-order valence-corrected chi connectivity index (χ1v) is 15.2. The maximum Gasteiger partial charge on any atom is 0.407 e. The first-order valence-electron chi connectivity index (χ1n) is 15.2. The van der Waals surface area contributed by atoms with Gasteiger partial charge < -0.3 is 24.4 Å². The molecule has 2 amide bonds. The van der Waals surface area contributed by atoms with E-state index in [4.69, 9.17) is 14.2 Å². The van der Waals surface area contributed by atoms with E-state index >= 15 is 0 Å². The van der Waals surface area contributed by atoms with Crippen LogP contribution in [0.15, 0.2) is 91.5 Å². The second-order valence-electron chi connectivity index (χ2n) is 11.7. The summed E-state index contributed by atoms with van der Waals surface area (Å²) in [6.45, 7) is 7.39. The van der Waals surface area contributed by atoms with Gasteiger partial charge in [0.25, 0.3) is 0 Å². The van der Waals surface area contributed by atoms with Crippen LogP contribution in [0.3, 0.4) is 0 Å². The van der Waals surface area contributed by atoms with Crippen LogP contribution in [0.2, 0.25) is 0 Å².